The van der Waals surface area contributed by atoms with Gasteiger partial charge in [-0.15, -0.1) is 11.3 Å². The van der Waals surface area contributed by atoms with Crippen molar-refractivity contribution in [1.82, 2.24) is 15.1 Å². The number of piperazine rings is 1. The van der Waals surface area contributed by atoms with Gasteiger partial charge in [0.05, 0.1) is 0 Å². The molecule has 0 radical (unpaired) electrons. The molecule has 1 saturated heterocycles. The number of nitrogens with zero attached hydrogens (tertiary/aromatic N) is 2. The first-order valence-corrected chi connectivity index (χ1v) is 11.4. The number of nitrogens with one attached hydrogen (secondary N) is 1. The zero-order valence-corrected chi connectivity index (χ0v) is 18.6. The fraction of sp³-hybridized carbons (Fsp3) is 0.478. The first-order valence-electron chi connectivity index (χ1n) is 10.5. The van der Waals surface area contributed by atoms with Crippen LogP contribution < -0.4 is 10.1 Å². The molecule has 0 aliphatic carbocycles. The first-order chi connectivity index (χ1) is 14.5. The van der Waals surface area contributed by atoms with Gasteiger partial charge in [0.1, 0.15) is 11.8 Å². The van der Waals surface area contributed by atoms with Gasteiger partial charge >= 0.3 is 0 Å². The van der Waals surface area contributed by atoms with E-state index < -0.39 is 6.04 Å². The van der Waals surface area contributed by atoms with E-state index in [1.165, 1.54) is 4.88 Å². The molecule has 3 rings (SSSR count). The number of thiophene rings is 1. The largest absolute Gasteiger partial charge is 0.484 e. The standard InChI is InChI=1S/C23H31N3O3S/c1-18(2)22(24-21(27)17-29-19-7-4-3-5-8-19)23(28)26-14-12-25(13-15-26)11-10-20-9-6-16-30-20/h3-9,16,18,22H,10-15,17H2,1-2H3,(H,24,27). The molecule has 1 aliphatic rings. The summed E-state index contributed by atoms with van der Waals surface area (Å²) < 4.78 is 5.50. The molecular weight excluding hydrogens is 398 g/mol. The molecule has 1 aromatic heterocycles. The number of hydrogen-bond acceptors (Lipinski definition) is 5. The Morgan fingerprint density at radius 2 is 1.80 bits per heavy atom. The maximum absolute atomic E-state index is 13.1. The van der Waals surface area contributed by atoms with Crippen LogP contribution in [0.3, 0.4) is 0 Å². The third kappa shape index (κ3) is 6.57. The van der Waals surface area contributed by atoms with Crippen molar-refractivity contribution in [3.05, 3.63) is 52.7 Å². The van der Waals surface area contributed by atoms with Crippen molar-refractivity contribution in [2.24, 2.45) is 5.92 Å². The average molecular weight is 430 g/mol. The van der Waals surface area contributed by atoms with E-state index in [2.05, 4.69) is 27.7 Å². The number of rotatable bonds is 9. The molecule has 1 aromatic carbocycles. The SMILES string of the molecule is CC(C)C(NC(=O)COc1ccccc1)C(=O)N1CCN(CCc2cccs2)CC1. The van der Waals surface area contributed by atoms with Crippen LogP contribution in [0.4, 0.5) is 0 Å². The lowest BCUT2D eigenvalue weighted by molar-refractivity contribution is -0.139. The Labute approximate surface area is 182 Å². The molecular formula is C23H31N3O3S. The Balaban J connectivity index is 1.45. The van der Waals surface area contributed by atoms with Crippen LogP contribution in [0.25, 0.3) is 0 Å². The number of hydrogen-bond donors (Lipinski definition) is 1. The zero-order chi connectivity index (χ0) is 21.3. The Kier molecular flexibility index (Phi) is 8.28. The van der Waals surface area contributed by atoms with Gasteiger partial charge in [-0.3, -0.25) is 14.5 Å². The van der Waals surface area contributed by atoms with Crippen LogP contribution in [0.5, 0.6) is 5.75 Å². The molecule has 1 atom stereocenters. The minimum Gasteiger partial charge on any atom is -0.484 e. The molecule has 6 nitrogen and oxygen atoms in total. The average Bonchev–Trinajstić information content (AvgIpc) is 3.29. The monoisotopic (exact) mass is 429 g/mol. The summed E-state index contributed by atoms with van der Waals surface area (Å²) in [6.45, 7) is 7.96. The van der Waals surface area contributed by atoms with E-state index in [-0.39, 0.29) is 24.3 Å². The Morgan fingerprint density at radius 1 is 1.07 bits per heavy atom. The van der Waals surface area contributed by atoms with E-state index in [1.807, 2.05) is 36.9 Å². The van der Waals surface area contributed by atoms with Gasteiger partial charge < -0.3 is 15.0 Å². The highest BCUT2D eigenvalue weighted by molar-refractivity contribution is 7.09. The van der Waals surface area contributed by atoms with Crippen molar-refractivity contribution in [2.75, 3.05) is 39.3 Å². The smallest absolute Gasteiger partial charge is 0.258 e. The number of carbonyl (C=O) groups is 2. The molecule has 1 fully saturated rings. The second-order valence-electron chi connectivity index (χ2n) is 7.89. The van der Waals surface area contributed by atoms with Gasteiger partial charge in [-0.2, -0.15) is 0 Å². The summed E-state index contributed by atoms with van der Waals surface area (Å²) in [6.07, 6.45) is 1.05. The van der Waals surface area contributed by atoms with Crippen LogP contribution in [-0.4, -0.2) is 67.0 Å². The topological polar surface area (TPSA) is 61.9 Å². The number of benzene rings is 1. The third-order valence-electron chi connectivity index (χ3n) is 5.30. The molecule has 162 valence electrons. The summed E-state index contributed by atoms with van der Waals surface area (Å²) in [5.74, 6) is 0.366. The summed E-state index contributed by atoms with van der Waals surface area (Å²) in [5.41, 5.74) is 0. The highest BCUT2D eigenvalue weighted by atomic mass is 32.1. The van der Waals surface area contributed by atoms with Gasteiger partial charge in [0.25, 0.3) is 5.91 Å². The van der Waals surface area contributed by atoms with E-state index in [0.29, 0.717) is 18.8 Å². The van der Waals surface area contributed by atoms with Crippen LogP contribution >= 0.6 is 11.3 Å². The van der Waals surface area contributed by atoms with Crippen molar-refractivity contribution < 1.29 is 14.3 Å². The quantitative estimate of drug-likeness (QED) is 0.666. The van der Waals surface area contributed by atoms with E-state index in [1.54, 1.807) is 23.5 Å². The van der Waals surface area contributed by atoms with Crippen LogP contribution in [0.2, 0.25) is 0 Å². The fourth-order valence-electron chi connectivity index (χ4n) is 3.51. The van der Waals surface area contributed by atoms with Gasteiger partial charge in [-0.05, 0) is 35.9 Å². The van der Waals surface area contributed by atoms with Crippen molar-refractivity contribution in [1.29, 1.82) is 0 Å². The summed E-state index contributed by atoms with van der Waals surface area (Å²) in [6, 6.07) is 12.9. The number of ether oxygens (including phenoxy) is 1. The van der Waals surface area contributed by atoms with Gasteiger partial charge in [0.15, 0.2) is 6.61 Å². The predicted molar refractivity (Wildman–Crippen MR) is 120 cm³/mol. The molecule has 1 aliphatic heterocycles. The molecule has 7 heteroatoms. The minimum atomic E-state index is -0.533. The highest BCUT2D eigenvalue weighted by Crippen LogP contribution is 2.13. The van der Waals surface area contributed by atoms with Crippen LogP contribution in [-0.2, 0) is 16.0 Å². The lowest BCUT2D eigenvalue weighted by atomic mass is 10.0. The third-order valence-corrected chi connectivity index (χ3v) is 6.24. The second kappa shape index (κ2) is 11.1. The normalized spacial score (nSPS) is 15.8. The van der Waals surface area contributed by atoms with Gasteiger partial charge in [-0.1, -0.05) is 38.1 Å². The molecule has 1 unspecified atom stereocenters. The molecule has 2 heterocycles. The van der Waals surface area contributed by atoms with Crippen molar-refractivity contribution in [2.45, 2.75) is 26.3 Å². The fourth-order valence-corrected chi connectivity index (χ4v) is 4.20. The first kappa shape index (κ1) is 22.3. The molecule has 0 bridgehead atoms. The highest BCUT2D eigenvalue weighted by Gasteiger charge is 2.30. The van der Waals surface area contributed by atoms with Gasteiger partial charge in [-0.25, -0.2) is 0 Å². The van der Waals surface area contributed by atoms with E-state index in [4.69, 9.17) is 4.74 Å². The Morgan fingerprint density at radius 3 is 2.43 bits per heavy atom. The zero-order valence-electron chi connectivity index (χ0n) is 17.8. The number of amides is 2. The lowest BCUT2D eigenvalue weighted by Crippen LogP contribution is -2.57. The molecule has 30 heavy (non-hydrogen) atoms. The van der Waals surface area contributed by atoms with E-state index in [0.717, 1.165) is 26.1 Å². The molecule has 0 saturated carbocycles. The van der Waals surface area contributed by atoms with E-state index in [9.17, 15) is 9.59 Å². The molecule has 1 N–H and O–H groups in total. The molecule has 2 aromatic rings. The van der Waals surface area contributed by atoms with Crippen molar-refractivity contribution >= 4 is 23.2 Å². The van der Waals surface area contributed by atoms with E-state index >= 15 is 0 Å². The lowest BCUT2D eigenvalue weighted by Gasteiger charge is -2.37. The minimum absolute atomic E-state index is 0.00373. The summed E-state index contributed by atoms with van der Waals surface area (Å²) in [5, 5.41) is 4.98. The maximum atomic E-state index is 13.1. The van der Waals surface area contributed by atoms with Gasteiger partial charge in [0, 0.05) is 37.6 Å². The Hall–Kier alpha value is -2.38. The number of carbonyl (C=O) groups excluding carboxylic acids is 2. The predicted octanol–water partition coefficient (Wildman–Crippen LogP) is 2.65. The second-order valence-corrected chi connectivity index (χ2v) is 8.92. The number of para-hydroxylation sites is 1. The van der Waals surface area contributed by atoms with Crippen molar-refractivity contribution in [3.63, 3.8) is 0 Å². The van der Waals surface area contributed by atoms with Gasteiger partial charge in [0.2, 0.25) is 5.91 Å². The Bertz CT molecular complexity index is 787. The summed E-state index contributed by atoms with van der Waals surface area (Å²) >= 11 is 1.79. The van der Waals surface area contributed by atoms with Crippen LogP contribution in [0.1, 0.15) is 18.7 Å². The maximum Gasteiger partial charge on any atom is 0.258 e. The van der Waals surface area contributed by atoms with Crippen LogP contribution in [0, 0.1) is 5.92 Å². The summed E-state index contributed by atoms with van der Waals surface area (Å²) in [7, 11) is 0. The van der Waals surface area contributed by atoms with Crippen LogP contribution in [0.15, 0.2) is 47.8 Å². The summed E-state index contributed by atoms with van der Waals surface area (Å²) in [4.78, 5) is 31.1. The molecule has 2 amide bonds. The van der Waals surface area contributed by atoms with Crippen molar-refractivity contribution in [3.8, 4) is 5.75 Å². The molecule has 0 spiro atoms.